The van der Waals surface area contributed by atoms with Crippen LogP contribution in [0.25, 0.3) is 0 Å². The summed E-state index contributed by atoms with van der Waals surface area (Å²) in [4.78, 5) is 24.6. The minimum atomic E-state index is -0.395. The Balaban J connectivity index is 5.26. The molecule has 0 radical (unpaired) electrons. The lowest BCUT2D eigenvalue weighted by Gasteiger charge is -2.16. The average molecular weight is 312 g/mol. The zero-order chi connectivity index (χ0) is 17.3. The summed E-state index contributed by atoms with van der Waals surface area (Å²) in [5, 5.41) is 0. The standard InChI is InChI=1S/C18H32O4/c1-8-15(17(19)21-10-13(4)5)16(9-12(2)3)18(20)22-11-14(6)7/h12-14H,8-11H2,1-7H3. The fourth-order valence-corrected chi connectivity index (χ4v) is 1.88. The lowest BCUT2D eigenvalue weighted by Crippen LogP contribution is -2.20. The molecule has 0 aromatic carbocycles. The molecule has 0 N–H and O–H groups in total. The van der Waals surface area contributed by atoms with Crippen molar-refractivity contribution in [2.45, 2.75) is 61.3 Å². The summed E-state index contributed by atoms with van der Waals surface area (Å²) in [6.07, 6.45) is 0.993. The maximum Gasteiger partial charge on any atom is 0.334 e. The second-order valence-corrected chi connectivity index (χ2v) is 6.89. The molecule has 0 fully saturated rings. The van der Waals surface area contributed by atoms with Crippen molar-refractivity contribution in [2.24, 2.45) is 17.8 Å². The van der Waals surface area contributed by atoms with Crippen LogP contribution in [0.5, 0.6) is 0 Å². The van der Waals surface area contributed by atoms with Crippen LogP contribution >= 0.6 is 0 Å². The molecular formula is C18H32O4. The minimum Gasteiger partial charge on any atom is -0.462 e. The number of ether oxygens (including phenoxy) is 2. The van der Waals surface area contributed by atoms with E-state index < -0.39 is 5.97 Å². The SMILES string of the molecule is CCC(C(=O)OCC(C)C)=C(CC(C)C)C(=O)OCC(C)C. The monoisotopic (exact) mass is 312 g/mol. The van der Waals surface area contributed by atoms with Crippen LogP contribution in [0.4, 0.5) is 0 Å². The summed E-state index contributed by atoms with van der Waals surface area (Å²) in [5.41, 5.74) is 0.912. The third kappa shape index (κ3) is 8.20. The largest absolute Gasteiger partial charge is 0.462 e. The quantitative estimate of drug-likeness (QED) is 0.474. The third-order valence-corrected chi connectivity index (χ3v) is 2.92. The fraction of sp³-hybridized carbons (Fsp3) is 0.778. The van der Waals surface area contributed by atoms with E-state index in [-0.39, 0.29) is 23.7 Å². The van der Waals surface area contributed by atoms with E-state index in [1.807, 2.05) is 48.5 Å². The number of carbonyl (C=O) groups excluding carboxylic acids is 2. The minimum absolute atomic E-state index is 0.265. The lowest BCUT2D eigenvalue weighted by molar-refractivity contribution is -0.143. The molecule has 22 heavy (non-hydrogen) atoms. The summed E-state index contributed by atoms with van der Waals surface area (Å²) in [6.45, 7) is 14.5. The molecule has 0 atom stereocenters. The number of esters is 2. The Morgan fingerprint density at radius 3 is 1.45 bits per heavy atom. The average Bonchev–Trinajstić information content (AvgIpc) is 2.41. The summed E-state index contributed by atoms with van der Waals surface area (Å²) in [5.74, 6) is 0.0147. The first kappa shape index (κ1) is 20.7. The predicted octanol–water partition coefficient (Wildman–Crippen LogP) is 4.14. The summed E-state index contributed by atoms with van der Waals surface area (Å²) < 4.78 is 10.6. The van der Waals surface area contributed by atoms with Gasteiger partial charge in [0, 0.05) is 11.1 Å². The van der Waals surface area contributed by atoms with Crippen molar-refractivity contribution in [3.8, 4) is 0 Å². The molecular weight excluding hydrogens is 280 g/mol. The Morgan fingerprint density at radius 1 is 0.727 bits per heavy atom. The molecule has 0 aliphatic carbocycles. The maximum atomic E-state index is 12.3. The molecule has 0 unspecified atom stereocenters. The van der Waals surface area contributed by atoms with Crippen molar-refractivity contribution in [2.75, 3.05) is 13.2 Å². The van der Waals surface area contributed by atoms with Gasteiger partial charge in [-0.15, -0.1) is 0 Å². The molecule has 0 aromatic rings. The van der Waals surface area contributed by atoms with E-state index in [4.69, 9.17) is 9.47 Å². The van der Waals surface area contributed by atoms with E-state index >= 15 is 0 Å². The van der Waals surface area contributed by atoms with Gasteiger partial charge < -0.3 is 9.47 Å². The molecule has 0 bridgehead atoms. The molecule has 4 heteroatoms. The van der Waals surface area contributed by atoms with E-state index in [0.717, 1.165) is 0 Å². The number of rotatable bonds is 9. The van der Waals surface area contributed by atoms with Crippen molar-refractivity contribution in [1.82, 2.24) is 0 Å². The van der Waals surface area contributed by atoms with Crippen LogP contribution in [-0.4, -0.2) is 25.2 Å². The molecule has 0 rings (SSSR count). The van der Waals surface area contributed by atoms with E-state index in [9.17, 15) is 9.59 Å². The van der Waals surface area contributed by atoms with Crippen LogP contribution in [-0.2, 0) is 19.1 Å². The number of carbonyl (C=O) groups is 2. The first-order valence-corrected chi connectivity index (χ1v) is 8.25. The highest BCUT2D eigenvalue weighted by molar-refractivity contribution is 6.00. The van der Waals surface area contributed by atoms with Gasteiger partial charge in [0.05, 0.1) is 13.2 Å². The Labute approximate surface area is 135 Å². The molecule has 0 saturated carbocycles. The van der Waals surface area contributed by atoms with Crippen LogP contribution < -0.4 is 0 Å². The molecule has 4 nitrogen and oxygen atoms in total. The van der Waals surface area contributed by atoms with Crippen LogP contribution in [0.1, 0.15) is 61.3 Å². The summed E-state index contributed by atoms with van der Waals surface area (Å²) >= 11 is 0. The van der Waals surface area contributed by atoms with Gasteiger partial charge in [0.1, 0.15) is 0 Å². The molecule has 0 saturated heterocycles. The fourth-order valence-electron chi connectivity index (χ4n) is 1.88. The lowest BCUT2D eigenvalue weighted by atomic mass is 9.96. The van der Waals surface area contributed by atoms with Crippen molar-refractivity contribution >= 4 is 11.9 Å². The van der Waals surface area contributed by atoms with Gasteiger partial charge in [0.15, 0.2) is 0 Å². The maximum absolute atomic E-state index is 12.3. The van der Waals surface area contributed by atoms with Gasteiger partial charge in [0.2, 0.25) is 0 Å². The topological polar surface area (TPSA) is 52.6 Å². The number of hydrogen-bond donors (Lipinski definition) is 0. The zero-order valence-electron chi connectivity index (χ0n) is 15.2. The van der Waals surface area contributed by atoms with Gasteiger partial charge in [-0.2, -0.15) is 0 Å². The van der Waals surface area contributed by atoms with Gasteiger partial charge in [-0.05, 0) is 30.6 Å². The smallest absolute Gasteiger partial charge is 0.334 e. The van der Waals surface area contributed by atoms with E-state index in [0.29, 0.717) is 37.2 Å². The Morgan fingerprint density at radius 2 is 1.14 bits per heavy atom. The van der Waals surface area contributed by atoms with E-state index in [1.165, 1.54) is 0 Å². The molecule has 0 aliphatic rings. The van der Waals surface area contributed by atoms with Crippen molar-refractivity contribution in [3.05, 3.63) is 11.1 Å². The predicted molar refractivity (Wildman–Crippen MR) is 88.4 cm³/mol. The Hall–Kier alpha value is -1.32. The van der Waals surface area contributed by atoms with Crippen LogP contribution in [0, 0.1) is 17.8 Å². The van der Waals surface area contributed by atoms with Crippen LogP contribution in [0.3, 0.4) is 0 Å². The highest BCUT2D eigenvalue weighted by atomic mass is 16.5. The van der Waals surface area contributed by atoms with E-state index in [1.54, 1.807) is 0 Å². The summed E-state index contributed by atoms with van der Waals surface area (Å²) in [6, 6.07) is 0. The van der Waals surface area contributed by atoms with Crippen molar-refractivity contribution in [3.63, 3.8) is 0 Å². The van der Waals surface area contributed by atoms with Gasteiger partial charge in [-0.3, -0.25) is 0 Å². The van der Waals surface area contributed by atoms with Crippen LogP contribution in [0.15, 0.2) is 11.1 Å². The van der Waals surface area contributed by atoms with Gasteiger partial charge in [-0.25, -0.2) is 9.59 Å². The van der Waals surface area contributed by atoms with Crippen LogP contribution in [0.2, 0.25) is 0 Å². The van der Waals surface area contributed by atoms with Crippen molar-refractivity contribution < 1.29 is 19.1 Å². The molecule has 0 amide bonds. The Bertz CT molecular complexity index is 392. The first-order chi connectivity index (χ1) is 10.2. The Kier molecular flexibility index (Phi) is 9.79. The number of hydrogen-bond acceptors (Lipinski definition) is 4. The molecule has 0 heterocycles. The van der Waals surface area contributed by atoms with Gasteiger partial charge >= 0.3 is 11.9 Å². The van der Waals surface area contributed by atoms with E-state index in [2.05, 4.69) is 0 Å². The van der Waals surface area contributed by atoms with Gasteiger partial charge in [-0.1, -0.05) is 48.5 Å². The third-order valence-electron chi connectivity index (χ3n) is 2.92. The normalized spacial score (nSPS) is 12.6. The first-order valence-electron chi connectivity index (χ1n) is 8.25. The van der Waals surface area contributed by atoms with Crippen molar-refractivity contribution in [1.29, 1.82) is 0 Å². The highest BCUT2D eigenvalue weighted by Crippen LogP contribution is 2.21. The second-order valence-electron chi connectivity index (χ2n) is 6.89. The molecule has 0 spiro atoms. The second kappa shape index (κ2) is 10.4. The molecule has 0 aromatic heterocycles. The van der Waals surface area contributed by atoms with Gasteiger partial charge in [0.25, 0.3) is 0 Å². The molecule has 128 valence electrons. The zero-order valence-corrected chi connectivity index (χ0v) is 15.2. The summed E-state index contributed by atoms with van der Waals surface area (Å²) in [7, 11) is 0. The molecule has 0 aliphatic heterocycles. The highest BCUT2D eigenvalue weighted by Gasteiger charge is 2.23.